The van der Waals surface area contributed by atoms with Gasteiger partial charge in [-0.1, -0.05) is 0 Å². The Bertz CT molecular complexity index is 568. The molecule has 2 unspecified atom stereocenters. The first-order valence-corrected chi connectivity index (χ1v) is 7.37. The molecule has 1 N–H and O–H groups in total. The highest BCUT2D eigenvalue weighted by Crippen LogP contribution is 2.40. The Balaban J connectivity index is 1.76. The lowest BCUT2D eigenvalue weighted by Crippen LogP contribution is -2.46. The van der Waals surface area contributed by atoms with Crippen molar-refractivity contribution in [1.82, 2.24) is 4.90 Å². The molecule has 0 saturated carbocycles. The zero-order chi connectivity index (χ0) is 15.2. The van der Waals surface area contributed by atoms with Gasteiger partial charge >= 0.3 is 6.09 Å². The van der Waals surface area contributed by atoms with Crippen molar-refractivity contribution >= 4 is 11.8 Å². The van der Waals surface area contributed by atoms with Crippen LogP contribution in [0.3, 0.4) is 0 Å². The van der Waals surface area contributed by atoms with Gasteiger partial charge in [-0.25, -0.2) is 9.18 Å². The number of benzene rings is 1. The summed E-state index contributed by atoms with van der Waals surface area (Å²) in [5.41, 5.74) is 1.46. The lowest BCUT2D eigenvalue weighted by Gasteiger charge is -2.36. The highest BCUT2D eigenvalue weighted by Gasteiger charge is 2.39. The number of anilines is 1. The number of nitrogens with zero attached hydrogens (tertiary/aromatic N) is 1. The van der Waals surface area contributed by atoms with E-state index in [-0.39, 0.29) is 23.9 Å². The Hall–Kier alpha value is -1.78. The van der Waals surface area contributed by atoms with E-state index in [0.29, 0.717) is 13.1 Å². The smallest absolute Gasteiger partial charge is 0.410 e. The van der Waals surface area contributed by atoms with Crippen molar-refractivity contribution in [2.45, 2.75) is 44.8 Å². The number of hydrogen-bond acceptors (Lipinski definition) is 3. The minimum Gasteiger partial charge on any atom is -0.444 e. The fraction of sp³-hybridized carbons (Fsp3) is 0.562. The summed E-state index contributed by atoms with van der Waals surface area (Å²) in [7, 11) is 0. The highest BCUT2D eigenvalue weighted by molar-refractivity contribution is 5.69. The molecule has 1 fully saturated rings. The molecule has 2 aliphatic rings. The molecule has 1 aromatic carbocycles. The maximum Gasteiger partial charge on any atom is 0.410 e. The third-order valence-electron chi connectivity index (χ3n) is 4.02. The van der Waals surface area contributed by atoms with Crippen molar-refractivity contribution < 1.29 is 13.9 Å². The monoisotopic (exact) mass is 292 g/mol. The Morgan fingerprint density at radius 1 is 1.43 bits per heavy atom. The minimum atomic E-state index is -0.494. The first-order chi connectivity index (χ1) is 9.83. The number of ether oxygens (including phenoxy) is 1. The largest absolute Gasteiger partial charge is 0.444 e. The Labute approximate surface area is 124 Å². The van der Waals surface area contributed by atoms with Crippen molar-refractivity contribution in [2.24, 2.45) is 0 Å². The Morgan fingerprint density at radius 3 is 2.90 bits per heavy atom. The molecule has 2 heterocycles. The van der Waals surface area contributed by atoms with Crippen LogP contribution in [-0.2, 0) is 4.74 Å². The van der Waals surface area contributed by atoms with Gasteiger partial charge in [0.25, 0.3) is 0 Å². The number of carbonyl (C=O) groups is 1. The number of halogens is 1. The number of amides is 1. The van der Waals surface area contributed by atoms with Gasteiger partial charge in [0.1, 0.15) is 11.4 Å². The summed E-state index contributed by atoms with van der Waals surface area (Å²) in [5.74, 6) is -0.0949. The van der Waals surface area contributed by atoms with E-state index in [4.69, 9.17) is 4.74 Å². The fourth-order valence-electron chi connectivity index (χ4n) is 3.10. The van der Waals surface area contributed by atoms with Crippen molar-refractivity contribution in [2.75, 3.05) is 18.4 Å². The van der Waals surface area contributed by atoms with Gasteiger partial charge in [-0.05, 0) is 51.0 Å². The van der Waals surface area contributed by atoms with E-state index in [1.807, 2.05) is 20.8 Å². The summed E-state index contributed by atoms with van der Waals surface area (Å²) in [4.78, 5) is 13.9. The standard InChI is InChI=1S/C16H21FN2O2/c1-16(2,3)21-15(20)19-7-6-14-12(9-19)11-8-10(17)4-5-13(11)18-14/h4-5,8,12,14,18H,6-7,9H2,1-3H3. The molecular formula is C16H21FN2O2. The van der Waals surface area contributed by atoms with Crippen molar-refractivity contribution in [3.05, 3.63) is 29.6 Å². The average Bonchev–Trinajstić information content (AvgIpc) is 2.74. The number of likely N-dealkylation sites (tertiary alicyclic amines) is 1. The van der Waals surface area contributed by atoms with Gasteiger partial charge in [-0.2, -0.15) is 0 Å². The van der Waals surface area contributed by atoms with Crippen molar-refractivity contribution in [3.8, 4) is 0 Å². The maximum absolute atomic E-state index is 13.5. The highest BCUT2D eigenvalue weighted by atomic mass is 19.1. The van der Waals surface area contributed by atoms with Crippen LogP contribution in [-0.4, -0.2) is 35.7 Å². The van der Waals surface area contributed by atoms with Gasteiger partial charge in [0.05, 0.1) is 0 Å². The third kappa shape index (κ3) is 2.82. The molecule has 0 bridgehead atoms. The SMILES string of the molecule is CC(C)(C)OC(=O)N1CCC2Nc3ccc(F)cc3C2C1. The quantitative estimate of drug-likeness (QED) is 0.797. The average molecular weight is 292 g/mol. The molecule has 0 aliphatic carbocycles. The van der Waals surface area contributed by atoms with Crippen molar-refractivity contribution in [1.29, 1.82) is 0 Å². The number of carbonyl (C=O) groups excluding carboxylic acids is 1. The molecule has 2 atom stereocenters. The summed E-state index contributed by atoms with van der Waals surface area (Å²) >= 11 is 0. The normalized spacial score (nSPS) is 24.1. The van der Waals surface area contributed by atoms with Gasteiger partial charge in [-0.3, -0.25) is 0 Å². The number of rotatable bonds is 0. The second-order valence-corrected chi connectivity index (χ2v) is 6.80. The number of piperidine rings is 1. The summed E-state index contributed by atoms with van der Waals surface area (Å²) < 4.78 is 18.9. The van der Waals surface area contributed by atoms with Gasteiger partial charge in [0.2, 0.25) is 0 Å². The van der Waals surface area contributed by atoms with E-state index in [9.17, 15) is 9.18 Å². The van der Waals surface area contributed by atoms with Crippen LogP contribution in [0.5, 0.6) is 0 Å². The molecule has 1 saturated heterocycles. The molecule has 0 spiro atoms. The van der Waals surface area contributed by atoms with Crippen LogP contribution < -0.4 is 5.32 Å². The van der Waals surface area contributed by atoms with E-state index in [1.54, 1.807) is 17.0 Å². The van der Waals surface area contributed by atoms with Crippen LogP contribution in [0.25, 0.3) is 0 Å². The summed E-state index contributed by atoms with van der Waals surface area (Å²) in [5, 5.41) is 3.43. The predicted molar refractivity (Wildman–Crippen MR) is 79.0 cm³/mol. The minimum absolute atomic E-state index is 0.136. The molecule has 114 valence electrons. The summed E-state index contributed by atoms with van der Waals surface area (Å²) in [6, 6.07) is 5.10. The van der Waals surface area contributed by atoms with Crippen molar-refractivity contribution in [3.63, 3.8) is 0 Å². The first-order valence-electron chi connectivity index (χ1n) is 7.37. The molecule has 1 amide bonds. The second kappa shape index (κ2) is 4.90. The van der Waals surface area contributed by atoms with Crippen LogP contribution in [0.1, 0.15) is 38.7 Å². The zero-order valence-corrected chi connectivity index (χ0v) is 12.6. The van der Waals surface area contributed by atoms with E-state index >= 15 is 0 Å². The van der Waals surface area contributed by atoms with Crippen LogP contribution >= 0.6 is 0 Å². The fourth-order valence-corrected chi connectivity index (χ4v) is 3.10. The molecule has 2 aliphatic heterocycles. The summed E-state index contributed by atoms with van der Waals surface area (Å²) in [6.07, 6.45) is 0.561. The van der Waals surface area contributed by atoms with Gasteiger partial charge in [-0.15, -0.1) is 0 Å². The predicted octanol–water partition coefficient (Wildman–Crippen LogP) is 3.34. The van der Waals surface area contributed by atoms with Gasteiger partial charge < -0.3 is 15.0 Å². The van der Waals surface area contributed by atoms with Crippen LogP contribution in [0.4, 0.5) is 14.9 Å². The molecule has 21 heavy (non-hydrogen) atoms. The number of fused-ring (bicyclic) bond motifs is 3. The molecule has 5 heteroatoms. The molecule has 0 radical (unpaired) electrons. The Kier molecular flexibility index (Phi) is 3.30. The van der Waals surface area contributed by atoms with Gasteiger partial charge in [0.15, 0.2) is 0 Å². The molecule has 1 aromatic rings. The summed E-state index contributed by atoms with van der Waals surface area (Å²) in [6.45, 7) is 6.82. The maximum atomic E-state index is 13.5. The van der Waals surface area contributed by atoms with Crippen LogP contribution in [0.15, 0.2) is 18.2 Å². The molecule has 4 nitrogen and oxygen atoms in total. The van der Waals surface area contributed by atoms with Crippen LogP contribution in [0.2, 0.25) is 0 Å². The molecule has 3 rings (SSSR count). The molecule has 0 aromatic heterocycles. The lowest BCUT2D eigenvalue weighted by molar-refractivity contribution is 0.0195. The van der Waals surface area contributed by atoms with Crippen LogP contribution in [0, 0.1) is 5.82 Å². The molecular weight excluding hydrogens is 271 g/mol. The number of hydrogen-bond donors (Lipinski definition) is 1. The first kappa shape index (κ1) is 14.2. The van der Waals surface area contributed by atoms with Gasteiger partial charge in [0, 0.05) is 30.7 Å². The third-order valence-corrected chi connectivity index (χ3v) is 4.02. The van der Waals surface area contributed by atoms with E-state index in [2.05, 4.69) is 5.32 Å². The second-order valence-electron chi connectivity index (χ2n) is 6.80. The van der Waals surface area contributed by atoms with E-state index < -0.39 is 5.60 Å². The van der Waals surface area contributed by atoms with E-state index in [1.165, 1.54) is 6.07 Å². The lowest BCUT2D eigenvalue weighted by atomic mass is 9.89. The van der Waals surface area contributed by atoms with E-state index in [0.717, 1.165) is 17.7 Å². The number of nitrogens with one attached hydrogen (secondary N) is 1. The zero-order valence-electron chi connectivity index (χ0n) is 12.6. The Morgan fingerprint density at radius 2 is 2.19 bits per heavy atom. The topological polar surface area (TPSA) is 41.6 Å².